The van der Waals surface area contributed by atoms with Crippen molar-refractivity contribution in [1.82, 2.24) is 4.90 Å². The SMILES string of the molecule is C1=CC=CC2CC=C(N(C3=CC=C(c4ccccc4)C=CC3)C3=CC#CCC3)CC=12. The van der Waals surface area contributed by atoms with Crippen molar-refractivity contribution in [1.29, 1.82) is 0 Å². The van der Waals surface area contributed by atoms with Crippen LogP contribution in [-0.4, -0.2) is 4.90 Å². The number of hydrogen-bond donors (Lipinski definition) is 0. The molecular weight excluding hydrogens is 362 g/mol. The highest BCUT2D eigenvalue weighted by molar-refractivity contribution is 5.75. The number of benzene rings is 1. The summed E-state index contributed by atoms with van der Waals surface area (Å²) in [7, 11) is 0. The molecule has 0 N–H and O–H groups in total. The van der Waals surface area contributed by atoms with Crippen LogP contribution >= 0.6 is 0 Å². The molecule has 1 heteroatoms. The molecule has 0 fully saturated rings. The molecule has 0 saturated carbocycles. The van der Waals surface area contributed by atoms with Crippen molar-refractivity contribution in [2.45, 2.75) is 32.1 Å². The molecule has 0 aliphatic heterocycles. The second-order valence-electron chi connectivity index (χ2n) is 7.98. The molecule has 0 heterocycles. The van der Waals surface area contributed by atoms with Gasteiger partial charge >= 0.3 is 0 Å². The van der Waals surface area contributed by atoms with Crippen molar-refractivity contribution in [2.75, 3.05) is 0 Å². The molecule has 1 aromatic carbocycles. The summed E-state index contributed by atoms with van der Waals surface area (Å²) < 4.78 is 0. The van der Waals surface area contributed by atoms with E-state index >= 15 is 0 Å². The number of allylic oxidation sites excluding steroid dienone is 11. The average molecular weight is 388 g/mol. The molecule has 4 aliphatic carbocycles. The van der Waals surface area contributed by atoms with Crippen molar-refractivity contribution >= 4 is 5.57 Å². The minimum Gasteiger partial charge on any atom is -0.321 e. The molecule has 4 aliphatic rings. The van der Waals surface area contributed by atoms with Crippen LogP contribution in [0.15, 0.2) is 113 Å². The van der Waals surface area contributed by atoms with E-state index in [1.165, 1.54) is 33.8 Å². The summed E-state index contributed by atoms with van der Waals surface area (Å²) in [5.74, 6) is 6.94. The van der Waals surface area contributed by atoms with E-state index < -0.39 is 0 Å². The third-order valence-electron chi connectivity index (χ3n) is 6.03. The quantitative estimate of drug-likeness (QED) is 0.404. The van der Waals surface area contributed by atoms with Gasteiger partial charge in [0.2, 0.25) is 0 Å². The molecule has 1 nitrogen and oxygen atoms in total. The van der Waals surface area contributed by atoms with Gasteiger partial charge in [-0.05, 0) is 41.7 Å². The van der Waals surface area contributed by atoms with E-state index in [0.717, 1.165) is 32.1 Å². The van der Waals surface area contributed by atoms with Crippen LogP contribution in [0.4, 0.5) is 0 Å². The average Bonchev–Trinajstić information content (AvgIpc) is 3.07. The van der Waals surface area contributed by atoms with Crippen LogP contribution < -0.4 is 0 Å². The smallest absolute Gasteiger partial charge is 0.0319 e. The van der Waals surface area contributed by atoms with Crippen LogP contribution in [0, 0.1) is 17.8 Å². The lowest BCUT2D eigenvalue weighted by molar-refractivity contribution is 0.462. The first-order chi connectivity index (χ1) is 14.9. The molecule has 1 unspecified atom stereocenters. The zero-order valence-electron chi connectivity index (χ0n) is 17.1. The number of rotatable bonds is 4. The van der Waals surface area contributed by atoms with Gasteiger partial charge in [0.15, 0.2) is 0 Å². The maximum Gasteiger partial charge on any atom is 0.0319 e. The Hall–Kier alpha value is -3.46. The molecule has 0 bridgehead atoms. The van der Waals surface area contributed by atoms with Gasteiger partial charge in [-0.3, -0.25) is 0 Å². The maximum absolute atomic E-state index is 3.50. The van der Waals surface area contributed by atoms with Gasteiger partial charge in [-0.2, -0.15) is 0 Å². The van der Waals surface area contributed by atoms with Crippen molar-refractivity contribution < 1.29 is 0 Å². The molecule has 0 saturated heterocycles. The largest absolute Gasteiger partial charge is 0.321 e. The molecule has 0 radical (unpaired) electrons. The van der Waals surface area contributed by atoms with Crippen LogP contribution in [0.2, 0.25) is 0 Å². The van der Waals surface area contributed by atoms with E-state index in [-0.39, 0.29) is 0 Å². The number of nitrogens with zero attached hydrogens (tertiary/aromatic N) is 1. The van der Waals surface area contributed by atoms with Crippen LogP contribution in [0.1, 0.15) is 37.7 Å². The van der Waals surface area contributed by atoms with E-state index in [9.17, 15) is 0 Å². The zero-order valence-corrected chi connectivity index (χ0v) is 17.1. The van der Waals surface area contributed by atoms with Gasteiger partial charge in [-0.15, -0.1) is 5.73 Å². The number of fused-ring (bicyclic) bond motifs is 1. The Morgan fingerprint density at radius 1 is 1.00 bits per heavy atom. The van der Waals surface area contributed by atoms with Crippen LogP contribution in [0.25, 0.3) is 5.57 Å². The molecule has 30 heavy (non-hydrogen) atoms. The second-order valence-corrected chi connectivity index (χ2v) is 7.98. The highest BCUT2D eigenvalue weighted by Gasteiger charge is 2.26. The Labute approximate surface area is 179 Å². The van der Waals surface area contributed by atoms with E-state index in [1.54, 1.807) is 0 Å². The van der Waals surface area contributed by atoms with Gasteiger partial charge in [0, 0.05) is 48.3 Å². The maximum atomic E-state index is 3.50. The van der Waals surface area contributed by atoms with Crippen molar-refractivity contribution in [3.8, 4) is 11.8 Å². The molecule has 146 valence electrons. The molecule has 1 aromatic rings. The molecule has 5 rings (SSSR count). The summed E-state index contributed by atoms with van der Waals surface area (Å²) in [6.07, 6.45) is 24.9. The summed E-state index contributed by atoms with van der Waals surface area (Å²) in [5.41, 5.74) is 11.4. The lowest BCUT2D eigenvalue weighted by Gasteiger charge is -2.35. The monoisotopic (exact) mass is 387 g/mol. The molecule has 0 amide bonds. The lowest BCUT2D eigenvalue weighted by atomic mass is 9.84. The van der Waals surface area contributed by atoms with Gasteiger partial charge in [0.25, 0.3) is 0 Å². The Bertz CT molecular complexity index is 1150. The summed E-state index contributed by atoms with van der Waals surface area (Å²) in [6.45, 7) is 0. The summed E-state index contributed by atoms with van der Waals surface area (Å²) in [4.78, 5) is 2.48. The van der Waals surface area contributed by atoms with Gasteiger partial charge in [0.05, 0.1) is 0 Å². The predicted octanol–water partition coefficient (Wildman–Crippen LogP) is 6.84. The third kappa shape index (κ3) is 3.84. The fourth-order valence-corrected chi connectivity index (χ4v) is 4.48. The molecule has 0 spiro atoms. The summed E-state index contributed by atoms with van der Waals surface area (Å²) >= 11 is 0. The zero-order chi connectivity index (χ0) is 20.2. The Morgan fingerprint density at radius 2 is 1.93 bits per heavy atom. The van der Waals surface area contributed by atoms with E-state index in [2.05, 4.69) is 101 Å². The number of hydrogen-bond acceptors (Lipinski definition) is 1. The highest BCUT2D eigenvalue weighted by atomic mass is 15.2. The Balaban J connectivity index is 1.52. The van der Waals surface area contributed by atoms with Crippen LogP contribution in [0.5, 0.6) is 0 Å². The normalized spacial score (nSPS) is 21.7. The van der Waals surface area contributed by atoms with Crippen molar-refractivity contribution in [2.24, 2.45) is 5.92 Å². The van der Waals surface area contributed by atoms with Crippen molar-refractivity contribution in [3.63, 3.8) is 0 Å². The Morgan fingerprint density at radius 3 is 2.80 bits per heavy atom. The highest BCUT2D eigenvalue weighted by Crippen LogP contribution is 2.38. The fraction of sp³-hybridized carbons (Fsp3) is 0.207. The standard InChI is InChI=1S/C29H25N/c1-3-10-23(11-4-1)24-14-9-17-28(20-18-24)30(27-15-5-2-6-16-27)29-21-19-25-12-7-8-13-26(25)22-29/h1,3-4,7-12,14,16,18,20-21,25H,5,15,17,19,22H2. The van der Waals surface area contributed by atoms with Crippen LogP contribution in [0.3, 0.4) is 0 Å². The van der Waals surface area contributed by atoms with Crippen molar-refractivity contribution in [3.05, 3.63) is 119 Å². The van der Waals surface area contributed by atoms with Gasteiger partial charge in [0.1, 0.15) is 0 Å². The predicted molar refractivity (Wildman–Crippen MR) is 125 cm³/mol. The second kappa shape index (κ2) is 8.50. The van der Waals surface area contributed by atoms with Gasteiger partial charge in [-0.25, -0.2) is 0 Å². The molecular formula is C29H25N. The van der Waals surface area contributed by atoms with Gasteiger partial charge in [-0.1, -0.05) is 78.6 Å². The lowest BCUT2D eigenvalue weighted by Crippen LogP contribution is -2.25. The van der Waals surface area contributed by atoms with E-state index in [0.29, 0.717) is 5.92 Å². The van der Waals surface area contributed by atoms with E-state index in [1.807, 2.05) is 6.08 Å². The Kier molecular flexibility index (Phi) is 5.26. The minimum absolute atomic E-state index is 0.508. The molecule has 1 atom stereocenters. The van der Waals surface area contributed by atoms with E-state index in [4.69, 9.17) is 0 Å². The fourth-order valence-electron chi connectivity index (χ4n) is 4.48. The first kappa shape index (κ1) is 18.6. The van der Waals surface area contributed by atoms with Gasteiger partial charge < -0.3 is 4.90 Å². The topological polar surface area (TPSA) is 3.24 Å². The molecule has 0 aromatic heterocycles. The summed E-state index contributed by atoms with van der Waals surface area (Å²) in [5, 5.41) is 0. The summed E-state index contributed by atoms with van der Waals surface area (Å²) in [6, 6.07) is 10.6. The minimum atomic E-state index is 0.508. The third-order valence-corrected chi connectivity index (χ3v) is 6.03. The van der Waals surface area contributed by atoms with Crippen LogP contribution in [-0.2, 0) is 0 Å². The first-order valence-electron chi connectivity index (χ1n) is 10.8. The first-order valence-corrected chi connectivity index (χ1v) is 10.8.